The maximum atomic E-state index is 16.0. The lowest BCUT2D eigenvalue weighted by molar-refractivity contribution is -0.183. The lowest BCUT2D eigenvalue weighted by Gasteiger charge is -2.33. The summed E-state index contributed by atoms with van der Waals surface area (Å²) in [6, 6.07) is 3.20. The highest BCUT2D eigenvalue weighted by Crippen LogP contribution is 2.64. The van der Waals surface area contributed by atoms with Crippen LogP contribution < -0.4 is 51.1 Å². The molecule has 23 heterocycles. The normalized spacial score (nSPS) is 38.7. The van der Waals surface area contributed by atoms with Crippen LogP contribution in [0.3, 0.4) is 0 Å². The minimum absolute atomic E-state index is 0.00843. The fourth-order valence-corrected chi connectivity index (χ4v) is 25.9. The van der Waals surface area contributed by atoms with Crippen LogP contribution in [0.4, 0.5) is 48.2 Å². The molecule has 11 aliphatic rings. The molecule has 20 N–H and O–H groups in total. The number of rotatable bonds is 6. The first kappa shape index (κ1) is 94.4. The third-order valence-electron chi connectivity index (χ3n) is 23.2. The largest absolute Gasteiger partial charge is 0.397 e. The quantitative estimate of drug-likeness (QED) is 0.0762. The zero-order valence-corrected chi connectivity index (χ0v) is 78.4. The van der Waals surface area contributed by atoms with Gasteiger partial charge in [-0.05, 0) is 71.2 Å². The standard InChI is InChI=1S/2C22H24FN9O10P2S2.C19H22FN11O9P2S2/c2*23-10-9-3-37-43(34,45)42-15-14-20(31-6-27-11-8(24)1-2-26-16(11)31)40-22(15,4-36-14)5-38-44(35,46)41-13(10)19(39-9)32-7-28-12-17(32)29-21(25)30-18(12)33;20-9-12-8(38-18(9)31-14-10(28-29-31)13(21)23-4-24-14)3-36-41(33,43)39-7-1-6(2-35-42(34,44)40-12)37-17(7)30-5-25-11-15(30)26-19(22)27-16(11)32/h2*1-2,6-7,9-10,13-15,19-20H,3-5H2,(H2,24,26)(H,34,45)(H,35,46)(H3,25,29,30,33);4-9,12,17-18H,1-3H2,(H,33,43)(H,34,44)(H2,21,23,24)(H3,22,26,27,32)/t2*9-,10-,13-,14-,15+,19-,20-,22-,43?,44?;6-,7?,8+,9?,12-,17+,18+,41?,42?/m110/s1. The van der Waals surface area contributed by atoms with E-state index in [0.717, 1.165) is 11.0 Å². The molecule has 12 aromatic rings. The van der Waals surface area contributed by atoms with E-state index in [1.807, 2.05) is 0 Å². The molecule has 10 bridgehead atoms. The second-order valence-corrected chi connectivity index (χ2v) is 48.6. The number of nitrogen functional groups attached to an aromatic ring is 6. The predicted octanol–water partition coefficient (Wildman–Crippen LogP) is -0.123. The van der Waals surface area contributed by atoms with Gasteiger partial charge in [-0.1, -0.05) is 17.5 Å². The van der Waals surface area contributed by atoms with Crippen molar-refractivity contribution in [3.63, 3.8) is 0 Å². The Bertz CT molecular complexity index is 7030. The van der Waals surface area contributed by atoms with Crippen molar-refractivity contribution in [2.75, 3.05) is 87.3 Å². The molecule has 0 spiro atoms. The zero-order chi connectivity index (χ0) is 95.3. The monoisotopic (exact) mass is 2130 g/mol. The van der Waals surface area contributed by atoms with Crippen LogP contribution in [-0.2, 0) is 156 Å². The molecule has 728 valence electrons. The van der Waals surface area contributed by atoms with Crippen molar-refractivity contribution in [1.82, 2.24) is 113 Å². The number of aromatic amines is 3. The number of ether oxygens (including phenoxy) is 8. The van der Waals surface area contributed by atoms with E-state index in [-0.39, 0.29) is 94.6 Å². The number of imidazole rings is 5. The third kappa shape index (κ3) is 17.3. The maximum Gasteiger partial charge on any atom is 0.386 e. The molecule has 11 saturated heterocycles. The Morgan fingerprint density at radius 1 is 0.419 bits per heavy atom. The van der Waals surface area contributed by atoms with E-state index in [2.05, 4.69) is 97.3 Å². The lowest BCUT2D eigenvalue weighted by Crippen LogP contribution is -2.45. The summed E-state index contributed by atoms with van der Waals surface area (Å²) in [4.78, 5) is 149. The second-order valence-electron chi connectivity index (χ2n) is 31.8. The maximum absolute atomic E-state index is 16.0. The van der Waals surface area contributed by atoms with Gasteiger partial charge in [0, 0.05) is 18.8 Å². The van der Waals surface area contributed by atoms with Crippen LogP contribution in [0, 0.1) is 0 Å². The average molecular weight is 2130 g/mol. The molecule has 8 unspecified atom stereocenters. The van der Waals surface area contributed by atoms with Crippen LogP contribution in [0.5, 0.6) is 0 Å². The molecule has 0 radical (unpaired) electrons. The number of thiol groups is 1. The van der Waals surface area contributed by atoms with E-state index in [0.29, 0.717) is 33.7 Å². The van der Waals surface area contributed by atoms with Gasteiger partial charge in [0.25, 0.3) is 16.7 Å². The number of anilines is 6. The Morgan fingerprint density at radius 2 is 0.831 bits per heavy atom. The fourth-order valence-electron chi connectivity index (χ4n) is 17.2. The first-order valence-corrected chi connectivity index (χ1v) is 55.4. The summed E-state index contributed by atoms with van der Waals surface area (Å²) in [6.07, 6.45) is -17.4. The Hall–Kier alpha value is -7.81. The van der Waals surface area contributed by atoms with E-state index in [1.54, 1.807) is 21.3 Å². The van der Waals surface area contributed by atoms with Gasteiger partial charge >= 0.3 is 40.4 Å². The molecule has 0 saturated carbocycles. The first-order chi connectivity index (χ1) is 64.6. The minimum Gasteiger partial charge on any atom is -0.397 e. The number of nitrogens with zero attached hydrogens (tertiary/aromatic N) is 20. The van der Waals surface area contributed by atoms with E-state index in [1.165, 1.54) is 57.7 Å². The summed E-state index contributed by atoms with van der Waals surface area (Å²) in [5, 5.41) is 7.77. The van der Waals surface area contributed by atoms with E-state index < -0.39 is 230 Å². The summed E-state index contributed by atoms with van der Waals surface area (Å²) in [7, 11) is 0. The number of H-pyrrole nitrogens is 3. The van der Waals surface area contributed by atoms with Gasteiger partial charge in [-0.2, -0.15) is 19.6 Å². The minimum atomic E-state index is -4.29. The molecule has 0 amide bonds. The Morgan fingerprint density at radius 3 is 1.31 bits per heavy atom. The van der Waals surface area contributed by atoms with Crippen LogP contribution >= 0.6 is 52.6 Å². The number of aromatic nitrogens is 23. The number of fused-ring (bicyclic) bond motifs is 13. The number of halogens is 3. The Labute approximate surface area is 783 Å². The molecule has 58 nitrogen and oxygen atoms in total. The Kier molecular flexibility index (Phi) is 24.4. The fraction of sp³-hybridized carbons (Fsp3) is 0.508. The number of hydrogen-bond acceptors (Lipinski definition) is 49. The van der Waals surface area contributed by atoms with E-state index in [4.69, 9.17) is 186 Å². The van der Waals surface area contributed by atoms with Crippen LogP contribution in [0.15, 0.2) is 76.9 Å². The van der Waals surface area contributed by atoms with Gasteiger partial charge in [-0.3, -0.25) is 83.8 Å². The van der Waals surface area contributed by atoms with Gasteiger partial charge in [-0.25, -0.2) is 62.6 Å². The lowest BCUT2D eigenvalue weighted by atomic mass is 10.0. The van der Waals surface area contributed by atoms with Crippen LogP contribution in [0.2, 0.25) is 0 Å². The highest BCUT2D eigenvalue weighted by molar-refractivity contribution is 8.44. The topological polar surface area (TPSA) is 768 Å². The molecule has 73 heteroatoms. The highest BCUT2D eigenvalue weighted by atomic mass is 32.7. The number of nitrogens with two attached hydrogens (primary N) is 6. The molecule has 29 atom stereocenters. The molecule has 0 aliphatic carbocycles. The van der Waals surface area contributed by atoms with Crippen LogP contribution in [0.25, 0.3) is 67.0 Å². The molecule has 23 rings (SSSR count). The zero-order valence-electron chi connectivity index (χ0n) is 68.0. The summed E-state index contributed by atoms with van der Waals surface area (Å²) in [5.74, 6) is -0.625. The molecular weight excluding hydrogens is 2060 g/mol. The molecular formula is C63H70F3N29O29P6S6. The first-order valence-electron chi connectivity index (χ1n) is 39.8. The molecule has 0 aromatic carbocycles. The van der Waals surface area contributed by atoms with Crippen molar-refractivity contribution in [2.24, 2.45) is 0 Å². The van der Waals surface area contributed by atoms with Gasteiger partial charge in [0.15, 0.2) is 118 Å². The number of hydrogen-bond donors (Lipinski definition) is 15. The third-order valence-corrected chi connectivity index (χ3v) is 32.6. The molecule has 136 heavy (non-hydrogen) atoms. The van der Waals surface area contributed by atoms with Crippen LogP contribution in [0.1, 0.15) is 43.8 Å². The van der Waals surface area contributed by atoms with Gasteiger partial charge in [0.1, 0.15) is 95.7 Å². The predicted molar refractivity (Wildman–Crippen MR) is 473 cm³/mol. The van der Waals surface area contributed by atoms with Crippen molar-refractivity contribution in [3.05, 3.63) is 93.6 Å². The van der Waals surface area contributed by atoms with Gasteiger partial charge < -0.3 is 119 Å². The van der Waals surface area contributed by atoms with Crippen molar-refractivity contribution < 1.29 is 134 Å². The summed E-state index contributed by atoms with van der Waals surface area (Å²) in [6.45, 7) is -28.6. The highest BCUT2D eigenvalue weighted by Gasteiger charge is 2.68. The van der Waals surface area contributed by atoms with Crippen molar-refractivity contribution in [3.8, 4) is 0 Å². The molecule has 11 aliphatic heterocycles. The Balaban J connectivity index is 0.000000122. The summed E-state index contributed by atoms with van der Waals surface area (Å²) < 4.78 is 186. The number of alkyl halides is 3. The average Bonchev–Trinajstić information content (AvgIpc) is 1.56. The SMILES string of the molecule is Nc1nc2c(ncn2[C@@H]2O[C@@H]3COP(O)(=S)O[C@@H]4C(F)[C@H](n5nnc6c(N)ncnc65)O[C@@H]4COP(=O)(S)OC2C3)c(=O)[nH]1.Nc1nc2c(ncn2[C@@H]2O[C@@H]3COP(O)(=S)O[C@H]4[C@H]5OC[C@]4(COP(O)(=S)O[C@@H]2[C@@H]3F)O[C@H]5n2cnc3c(N)ccnc32)c(=O)[nH]1.Nc1nc2c(ncn2[C@@H]2O[C@@H]3COP(O)(=S)O[C@H]4[C@H]5OC[C@]4(COP(O)(=S)O[C@@H]2[C@@H]3F)O[C@H]5n2cnc3c(N)ccnc32)c(=O)[nH]1. The summed E-state index contributed by atoms with van der Waals surface area (Å²) in [5.41, 5.74) is 32.5. The van der Waals surface area contributed by atoms with Crippen molar-refractivity contribution in [1.29, 1.82) is 0 Å². The molecule has 12 aromatic heterocycles. The number of nitrogens with one attached hydrogen (secondary N) is 3. The van der Waals surface area contributed by atoms with Crippen LogP contribution in [-0.4, -0.2) is 293 Å². The van der Waals surface area contributed by atoms with E-state index in [9.17, 15) is 43.4 Å². The second kappa shape index (κ2) is 35.1. The molecule has 11 fully saturated rings. The number of pyridine rings is 2. The van der Waals surface area contributed by atoms with E-state index >= 15 is 13.2 Å². The smallest absolute Gasteiger partial charge is 0.386 e. The summed E-state index contributed by atoms with van der Waals surface area (Å²) >= 11 is 30.5. The van der Waals surface area contributed by atoms with Gasteiger partial charge in [0.2, 0.25) is 17.8 Å². The van der Waals surface area contributed by atoms with Gasteiger partial charge in [-0.15, -0.1) is 5.10 Å². The van der Waals surface area contributed by atoms with Gasteiger partial charge in [0.05, 0.1) is 102 Å². The van der Waals surface area contributed by atoms with Crippen molar-refractivity contribution in [2.45, 2.75) is 147 Å². The van der Waals surface area contributed by atoms with Crippen molar-refractivity contribution >= 4 is 214 Å².